The van der Waals surface area contributed by atoms with Crippen molar-refractivity contribution in [2.45, 2.75) is 31.8 Å². The number of carbonyl (C=O) groups is 1. The fourth-order valence-corrected chi connectivity index (χ4v) is 2.22. The van der Waals surface area contributed by atoms with Gasteiger partial charge in [0.05, 0.1) is 0 Å². The molecule has 0 amide bonds. The van der Waals surface area contributed by atoms with Crippen LogP contribution >= 0.6 is 0 Å². The van der Waals surface area contributed by atoms with E-state index in [1.54, 1.807) is 0 Å². The van der Waals surface area contributed by atoms with Crippen molar-refractivity contribution in [3.8, 4) is 0 Å². The number of ether oxygens (including phenoxy) is 1. The van der Waals surface area contributed by atoms with Crippen LogP contribution in [0.15, 0.2) is 60.7 Å². The van der Waals surface area contributed by atoms with Crippen molar-refractivity contribution in [2.24, 2.45) is 0 Å². The van der Waals surface area contributed by atoms with Crippen LogP contribution in [0.4, 0.5) is 0 Å². The van der Waals surface area contributed by atoms with Gasteiger partial charge in [-0.05, 0) is 17.5 Å². The second kappa shape index (κ2) is 8.25. The van der Waals surface area contributed by atoms with Gasteiger partial charge in [0, 0.05) is 6.42 Å². The zero-order chi connectivity index (χ0) is 14.9. The Morgan fingerprint density at radius 1 is 0.905 bits per heavy atom. The molecule has 0 fully saturated rings. The van der Waals surface area contributed by atoms with E-state index in [4.69, 9.17) is 4.74 Å². The molecule has 0 atom stereocenters. The van der Waals surface area contributed by atoms with Crippen LogP contribution in [0.3, 0.4) is 0 Å². The minimum atomic E-state index is -0.334. The first-order valence-corrected chi connectivity index (χ1v) is 7.40. The largest absolute Gasteiger partial charge is 0.453 e. The minimum absolute atomic E-state index is 0.152. The summed E-state index contributed by atoms with van der Waals surface area (Å²) in [4.78, 5) is 12.0. The van der Waals surface area contributed by atoms with Gasteiger partial charge in [-0.15, -0.1) is 0 Å². The van der Waals surface area contributed by atoms with Crippen molar-refractivity contribution < 1.29 is 9.53 Å². The van der Waals surface area contributed by atoms with Crippen LogP contribution in [0, 0.1) is 6.92 Å². The third kappa shape index (κ3) is 4.75. The van der Waals surface area contributed by atoms with E-state index in [1.165, 1.54) is 0 Å². The highest BCUT2D eigenvalue weighted by atomic mass is 16.5. The van der Waals surface area contributed by atoms with E-state index >= 15 is 0 Å². The molecule has 0 saturated carbocycles. The summed E-state index contributed by atoms with van der Waals surface area (Å²) >= 11 is 0. The van der Waals surface area contributed by atoms with Gasteiger partial charge in [0.25, 0.3) is 0 Å². The van der Waals surface area contributed by atoms with Gasteiger partial charge in [-0.1, -0.05) is 80.4 Å². The molecule has 2 heteroatoms. The quantitative estimate of drug-likeness (QED) is 0.542. The first-order chi connectivity index (χ1) is 10.3. The van der Waals surface area contributed by atoms with Crippen molar-refractivity contribution in [2.75, 3.05) is 0 Å². The number of unbranched alkanes of at least 4 members (excludes halogenated alkanes) is 2. The summed E-state index contributed by atoms with van der Waals surface area (Å²) in [7, 11) is 0. The monoisotopic (exact) mass is 281 g/mol. The number of esters is 1. The Bertz CT molecular complexity index is 495. The normalized spacial score (nSPS) is 10.6. The first kappa shape index (κ1) is 15.3. The number of carbonyl (C=O) groups excluding carboxylic acids is 1. The summed E-state index contributed by atoms with van der Waals surface area (Å²) in [6.07, 6.45) is 2.76. The number of hydrogen-bond acceptors (Lipinski definition) is 2. The molecule has 1 radical (unpaired) electrons. The van der Waals surface area contributed by atoms with Crippen molar-refractivity contribution in [3.05, 3.63) is 78.7 Å². The second-order valence-electron chi connectivity index (χ2n) is 5.00. The zero-order valence-corrected chi connectivity index (χ0v) is 12.2. The van der Waals surface area contributed by atoms with E-state index in [-0.39, 0.29) is 12.1 Å². The second-order valence-corrected chi connectivity index (χ2v) is 5.00. The van der Waals surface area contributed by atoms with Gasteiger partial charge in [0.15, 0.2) is 6.10 Å². The van der Waals surface area contributed by atoms with Crippen LogP contribution in [0.5, 0.6) is 0 Å². The molecule has 0 unspecified atom stereocenters. The Kier molecular flexibility index (Phi) is 6.01. The van der Waals surface area contributed by atoms with E-state index < -0.39 is 0 Å². The van der Waals surface area contributed by atoms with Crippen LogP contribution in [0.1, 0.15) is 42.9 Å². The SMILES string of the molecule is [CH2]CCCCC(=O)OC(c1ccccc1)c1ccccc1. The topological polar surface area (TPSA) is 26.3 Å². The molecule has 21 heavy (non-hydrogen) atoms. The molecular formula is C19H21O2. The Morgan fingerprint density at radius 3 is 1.90 bits per heavy atom. The lowest BCUT2D eigenvalue weighted by molar-refractivity contribution is -0.147. The predicted molar refractivity (Wildman–Crippen MR) is 84.6 cm³/mol. The maximum absolute atomic E-state index is 12.0. The van der Waals surface area contributed by atoms with Gasteiger partial charge in [-0.25, -0.2) is 0 Å². The fraction of sp³-hybridized carbons (Fsp3) is 0.263. The van der Waals surface area contributed by atoms with E-state index in [0.717, 1.165) is 30.4 Å². The van der Waals surface area contributed by atoms with Gasteiger partial charge in [-0.3, -0.25) is 4.79 Å². The third-order valence-electron chi connectivity index (χ3n) is 3.33. The predicted octanol–water partition coefficient (Wildman–Crippen LogP) is 4.71. The molecule has 0 aliphatic rings. The molecule has 0 N–H and O–H groups in total. The highest BCUT2D eigenvalue weighted by Gasteiger charge is 2.18. The lowest BCUT2D eigenvalue weighted by Gasteiger charge is -2.19. The van der Waals surface area contributed by atoms with Gasteiger partial charge in [0.2, 0.25) is 0 Å². The van der Waals surface area contributed by atoms with Gasteiger partial charge in [0.1, 0.15) is 0 Å². The highest BCUT2D eigenvalue weighted by molar-refractivity contribution is 5.70. The molecule has 0 heterocycles. The molecule has 0 aliphatic heterocycles. The van der Waals surface area contributed by atoms with Crippen molar-refractivity contribution in [1.29, 1.82) is 0 Å². The molecule has 0 spiro atoms. The summed E-state index contributed by atoms with van der Waals surface area (Å²) in [6.45, 7) is 3.79. The zero-order valence-electron chi connectivity index (χ0n) is 12.2. The van der Waals surface area contributed by atoms with Gasteiger partial charge in [-0.2, -0.15) is 0 Å². The third-order valence-corrected chi connectivity index (χ3v) is 3.33. The van der Waals surface area contributed by atoms with E-state index in [2.05, 4.69) is 6.92 Å². The molecule has 0 aliphatic carbocycles. The molecule has 0 saturated heterocycles. The summed E-state index contributed by atoms with van der Waals surface area (Å²) in [5.74, 6) is -0.152. The van der Waals surface area contributed by atoms with E-state index in [0.29, 0.717) is 6.42 Å². The summed E-state index contributed by atoms with van der Waals surface area (Å²) < 4.78 is 5.71. The molecular weight excluding hydrogens is 260 g/mol. The van der Waals surface area contributed by atoms with Crippen molar-refractivity contribution in [1.82, 2.24) is 0 Å². The molecule has 2 rings (SSSR count). The van der Waals surface area contributed by atoms with Crippen LogP contribution in [-0.2, 0) is 9.53 Å². The fourth-order valence-electron chi connectivity index (χ4n) is 2.22. The van der Waals surface area contributed by atoms with Crippen LogP contribution in [0.25, 0.3) is 0 Å². The Labute approximate surface area is 126 Å². The number of benzene rings is 2. The molecule has 2 aromatic carbocycles. The Balaban J connectivity index is 2.12. The smallest absolute Gasteiger partial charge is 0.306 e. The maximum Gasteiger partial charge on any atom is 0.306 e. The summed E-state index contributed by atoms with van der Waals surface area (Å²) in [5.41, 5.74) is 1.99. The lowest BCUT2D eigenvalue weighted by atomic mass is 10.0. The maximum atomic E-state index is 12.0. The van der Waals surface area contributed by atoms with Crippen molar-refractivity contribution >= 4 is 5.97 Å². The molecule has 2 aromatic rings. The summed E-state index contributed by atoms with van der Waals surface area (Å²) in [5, 5.41) is 0. The van der Waals surface area contributed by atoms with Crippen LogP contribution in [0.2, 0.25) is 0 Å². The van der Waals surface area contributed by atoms with Crippen LogP contribution < -0.4 is 0 Å². The standard InChI is InChI=1S/C19H21O2/c1-2-3-6-15-18(20)21-19(16-11-7-4-8-12-16)17-13-9-5-10-14-17/h4-5,7-14,19H,1-3,6,15H2. The van der Waals surface area contributed by atoms with E-state index in [1.807, 2.05) is 60.7 Å². The lowest BCUT2D eigenvalue weighted by Crippen LogP contribution is -2.12. The first-order valence-electron chi connectivity index (χ1n) is 7.40. The number of hydrogen-bond donors (Lipinski definition) is 0. The molecule has 109 valence electrons. The average Bonchev–Trinajstić information content (AvgIpc) is 2.54. The minimum Gasteiger partial charge on any atom is -0.453 e. The Hall–Kier alpha value is -2.09. The average molecular weight is 281 g/mol. The summed E-state index contributed by atoms with van der Waals surface area (Å²) in [6, 6.07) is 19.7. The van der Waals surface area contributed by atoms with Gasteiger partial charge < -0.3 is 4.74 Å². The van der Waals surface area contributed by atoms with E-state index in [9.17, 15) is 4.79 Å². The Morgan fingerprint density at radius 2 is 1.43 bits per heavy atom. The van der Waals surface area contributed by atoms with Crippen LogP contribution in [-0.4, -0.2) is 5.97 Å². The molecule has 0 bridgehead atoms. The molecule has 0 aromatic heterocycles. The highest BCUT2D eigenvalue weighted by Crippen LogP contribution is 2.26. The van der Waals surface area contributed by atoms with Gasteiger partial charge >= 0.3 is 5.97 Å². The number of rotatable bonds is 7. The molecule has 2 nitrogen and oxygen atoms in total. The van der Waals surface area contributed by atoms with Crippen molar-refractivity contribution in [3.63, 3.8) is 0 Å².